The van der Waals surface area contributed by atoms with E-state index in [1.54, 1.807) is 0 Å². The van der Waals surface area contributed by atoms with Gasteiger partial charge in [0, 0.05) is 18.0 Å². The molecule has 0 aliphatic carbocycles. The predicted molar refractivity (Wildman–Crippen MR) is 159 cm³/mol. The molecule has 4 nitrogen and oxygen atoms in total. The highest BCUT2D eigenvalue weighted by molar-refractivity contribution is 5.55. The van der Waals surface area contributed by atoms with Crippen LogP contribution in [-0.2, 0) is 13.0 Å². The number of aromatic nitrogens is 2. The maximum atomic E-state index is 5.99. The summed E-state index contributed by atoms with van der Waals surface area (Å²) in [6.45, 7) is 5.84. The van der Waals surface area contributed by atoms with Crippen molar-refractivity contribution in [3.63, 3.8) is 0 Å². The van der Waals surface area contributed by atoms with Crippen molar-refractivity contribution in [3.05, 3.63) is 72.1 Å². The van der Waals surface area contributed by atoms with Gasteiger partial charge in [0.05, 0.1) is 6.61 Å². The molecule has 2 aromatic carbocycles. The van der Waals surface area contributed by atoms with Gasteiger partial charge in [-0.05, 0) is 66.8 Å². The predicted octanol–water partition coefficient (Wildman–Crippen LogP) is 9.75. The molecular formula is C34H48N2O2. The molecule has 0 radical (unpaired) electrons. The molecule has 0 saturated heterocycles. The smallest absolute Gasteiger partial charge is 0.159 e. The zero-order chi connectivity index (χ0) is 26.7. The van der Waals surface area contributed by atoms with Gasteiger partial charge in [-0.25, -0.2) is 9.97 Å². The Hall–Kier alpha value is -2.88. The quantitative estimate of drug-likeness (QED) is 0.140. The molecule has 3 aromatic rings. The number of aryl methyl sites for hydroxylation is 1. The van der Waals surface area contributed by atoms with Crippen molar-refractivity contribution < 1.29 is 9.47 Å². The second-order valence-corrected chi connectivity index (χ2v) is 10.4. The van der Waals surface area contributed by atoms with E-state index >= 15 is 0 Å². The van der Waals surface area contributed by atoms with E-state index in [9.17, 15) is 0 Å². The van der Waals surface area contributed by atoms with Gasteiger partial charge in [-0.2, -0.15) is 0 Å². The summed E-state index contributed by atoms with van der Waals surface area (Å²) in [4.78, 5) is 9.20. The topological polar surface area (TPSA) is 44.2 Å². The van der Waals surface area contributed by atoms with E-state index < -0.39 is 0 Å². The van der Waals surface area contributed by atoms with Crippen LogP contribution in [-0.4, -0.2) is 16.6 Å². The van der Waals surface area contributed by atoms with Crippen molar-refractivity contribution in [2.24, 2.45) is 0 Å². The first kappa shape index (κ1) is 29.7. The maximum absolute atomic E-state index is 5.99. The van der Waals surface area contributed by atoms with Gasteiger partial charge in [0.15, 0.2) is 5.82 Å². The molecule has 0 spiro atoms. The average Bonchev–Trinajstić information content (AvgIpc) is 2.96. The third kappa shape index (κ3) is 11.7. The first-order valence-electron chi connectivity index (χ1n) is 15.0. The Morgan fingerprint density at radius 1 is 0.526 bits per heavy atom. The number of benzene rings is 2. The highest BCUT2D eigenvalue weighted by Crippen LogP contribution is 2.21. The molecule has 0 amide bonds. The molecule has 4 heteroatoms. The first-order valence-corrected chi connectivity index (χ1v) is 15.0. The van der Waals surface area contributed by atoms with Crippen LogP contribution < -0.4 is 9.47 Å². The summed E-state index contributed by atoms with van der Waals surface area (Å²) in [5.74, 6) is 2.53. The fourth-order valence-corrected chi connectivity index (χ4v) is 4.54. The van der Waals surface area contributed by atoms with E-state index in [1.807, 2.05) is 48.8 Å². The summed E-state index contributed by atoms with van der Waals surface area (Å²) in [5, 5.41) is 0. The molecule has 0 unspecified atom stereocenters. The van der Waals surface area contributed by atoms with Gasteiger partial charge in [-0.3, -0.25) is 0 Å². The SMILES string of the molecule is CCCCCCCCCc1cnc(-c2ccc(OCc3ccc(OCCCCCCCC)cc3)cc2)nc1. The van der Waals surface area contributed by atoms with Crippen molar-refractivity contribution >= 4 is 0 Å². The average molecular weight is 517 g/mol. The normalized spacial score (nSPS) is 11.0. The fraction of sp³-hybridized carbons (Fsp3) is 0.529. The van der Waals surface area contributed by atoms with Crippen LogP contribution >= 0.6 is 0 Å². The molecule has 1 aromatic heterocycles. The molecule has 0 atom stereocenters. The Labute approximate surface area is 231 Å². The van der Waals surface area contributed by atoms with Crippen LogP contribution in [0.3, 0.4) is 0 Å². The third-order valence-corrected chi connectivity index (χ3v) is 6.98. The Kier molecular flexibility index (Phi) is 14.4. The summed E-state index contributed by atoms with van der Waals surface area (Å²) in [6, 6.07) is 16.3. The Morgan fingerprint density at radius 2 is 1.05 bits per heavy atom. The minimum atomic E-state index is 0.529. The third-order valence-electron chi connectivity index (χ3n) is 6.98. The van der Waals surface area contributed by atoms with E-state index in [4.69, 9.17) is 9.47 Å². The van der Waals surface area contributed by atoms with Gasteiger partial charge in [0.2, 0.25) is 0 Å². The van der Waals surface area contributed by atoms with E-state index in [0.29, 0.717) is 6.61 Å². The van der Waals surface area contributed by atoms with Gasteiger partial charge in [0.25, 0.3) is 0 Å². The van der Waals surface area contributed by atoms with Crippen LogP contribution in [0.15, 0.2) is 60.9 Å². The lowest BCUT2D eigenvalue weighted by Gasteiger charge is -2.09. The second-order valence-electron chi connectivity index (χ2n) is 10.4. The van der Waals surface area contributed by atoms with Crippen LogP contribution in [0.4, 0.5) is 0 Å². The summed E-state index contributed by atoms with van der Waals surface area (Å²) in [5.41, 5.74) is 3.36. The largest absolute Gasteiger partial charge is 0.494 e. The summed E-state index contributed by atoms with van der Waals surface area (Å²) < 4.78 is 11.9. The van der Waals surface area contributed by atoms with Gasteiger partial charge in [0.1, 0.15) is 18.1 Å². The van der Waals surface area contributed by atoms with E-state index in [-0.39, 0.29) is 0 Å². The van der Waals surface area contributed by atoms with E-state index in [0.717, 1.165) is 47.9 Å². The zero-order valence-electron chi connectivity index (χ0n) is 23.8. The second kappa shape index (κ2) is 18.4. The zero-order valence-corrected chi connectivity index (χ0v) is 23.8. The van der Waals surface area contributed by atoms with Crippen LogP contribution in [0.1, 0.15) is 108 Å². The number of unbranched alkanes of at least 4 members (excludes halogenated alkanes) is 11. The molecule has 0 bridgehead atoms. The van der Waals surface area contributed by atoms with Crippen molar-refractivity contribution in [1.82, 2.24) is 9.97 Å². The van der Waals surface area contributed by atoms with E-state index in [2.05, 4.69) is 35.9 Å². The van der Waals surface area contributed by atoms with Crippen LogP contribution in [0.25, 0.3) is 11.4 Å². The minimum absolute atomic E-state index is 0.529. The number of rotatable bonds is 20. The summed E-state index contributed by atoms with van der Waals surface area (Å²) in [7, 11) is 0. The van der Waals surface area contributed by atoms with Crippen molar-refractivity contribution in [2.45, 2.75) is 110 Å². The van der Waals surface area contributed by atoms with Crippen molar-refractivity contribution in [3.8, 4) is 22.9 Å². The van der Waals surface area contributed by atoms with Gasteiger partial charge in [-0.15, -0.1) is 0 Å². The molecule has 0 aliphatic rings. The Bertz CT molecular complexity index is 985. The van der Waals surface area contributed by atoms with E-state index in [1.165, 1.54) is 82.6 Å². The summed E-state index contributed by atoms with van der Waals surface area (Å²) in [6.07, 6.45) is 22.0. The fourth-order valence-electron chi connectivity index (χ4n) is 4.54. The molecule has 0 N–H and O–H groups in total. The lowest BCUT2D eigenvalue weighted by Crippen LogP contribution is -1.99. The van der Waals surface area contributed by atoms with Crippen LogP contribution in [0, 0.1) is 0 Å². The number of hydrogen-bond acceptors (Lipinski definition) is 4. The molecule has 0 aliphatic heterocycles. The minimum Gasteiger partial charge on any atom is -0.494 e. The maximum Gasteiger partial charge on any atom is 0.159 e. The van der Waals surface area contributed by atoms with Crippen LogP contribution in [0.2, 0.25) is 0 Å². The van der Waals surface area contributed by atoms with Gasteiger partial charge >= 0.3 is 0 Å². The molecule has 3 rings (SSSR count). The molecule has 0 saturated carbocycles. The van der Waals surface area contributed by atoms with Gasteiger partial charge < -0.3 is 9.47 Å². The molecule has 38 heavy (non-hydrogen) atoms. The lowest BCUT2D eigenvalue weighted by atomic mass is 10.1. The molecular weight excluding hydrogens is 468 g/mol. The first-order chi connectivity index (χ1) is 18.8. The highest BCUT2D eigenvalue weighted by atomic mass is 16.5. The lowest BCUT2D eigenvalue weighted by molar-refractivity contribution is 0.300. The summed E-state index contributed by atoms with van der Waals surface area (Å²) >= 11 is 0. The number of hydrogen-bond donors (Lipinski definition) is 0. The monoisotopic (exact) mass is 516 g/mol. The molecule has 206 valence electrons. The Balaban J connectivity index is 1.34. The van der Waals surface area contributed by atoms with Crippen molar-refractivity contribution in [2.75, 3.05) is 6.61 Å². The highest BCUT2D eigenvalue weighted by Gasteiger charge is 2.04. The number of nitrogens with zero attached hydrogens (tertiary/aromatic N) is 2. The molecule has 1 heterocycles. The molecule has 0 fully saturated rings. The van der Waals surface area contributed by atoms with Gasteiger partial charge in [-0.1, -0.05) is 96.6 Å². The van der Waals surface area contributed by atoms with Crippen molar-refractivity contribution in [1.29, 1.82) is 0 Å². The van der Waals surface area contributed by atoms with Crippen LogP contribution in [0.5, 0.6) is 11.5 Å². The number of ether oxygens (including phenoxy) is 2. The Morgan fingerprint density at radius 3 is 1.68 bits per heavy atom. The standard InChI is InChI=1S/C34H48N2O2/c1-3-5-7-9-11-12-14-16-30-26-35-34(36-27-30)31-19-23-33(24-20-31)38-28-29-17-21-32(22-18-29)37-25-15-13-10-8-6-4-2/h17-24,26-27H,3-16,25,28H2,1-2H3.